The van der Waals surface area contributed by atoms with Crippen molar-refractivity contribution in [2.75, 3.05) is 6.61 Å². The van der Waals surface area contributed by atoms with Crippen molar-refractivity contribution in [3.8, 4) is 11.5 Å². The van der Waals surface area contributed by atoms with Crippen molar-refractivity contribution in [3.05, 3.63) is 135 Å². The minimum absolute atomic E-state index is 0.0738. The summed E-state index contributed by atoms with van der Waals surface area (Å²) in [5, 5.41) is 1.88. The lowest BCUT2D eigenvalue weighted by Crippen LogP contribution is -2.16. The minimum Gasteiger partial charge on any atom is -0.494 e. The molecule has 0 fully saturated rings. The summed E-state index contributed by atoms with van der Waals surface area (Å²) in [6.07, 6.45) is 3.42. The number of halogens is 1. The molecule has 1 aromatic heterocycles. The summed E-state index contributed by atoms with van der Waals surface area (Å²) in [5.41, 5.74) is 3.55. The van der Waals surface area contributed by atoms with Gasteiger partial charge in [-0.3, -0.25) is 4.79 Å². The van der Waals surface area contributed by atoms with Crippen LogP contribution in [-0.2, 0) is 0 Å². The van der Waals surface area contributed by atoms with Crippen molar-refractivity contribution in [3.63, 3.8) is 0 Å². The van der Waals surface area contributed by atoms with Gasteiger partial charge in [-0.1, -0.05) is 42.5 Å². The van der Waals surface area contributed by atoms with E-state index in [1.165, 1.54) is 23.5 Å². The van der Waals surface area contributed by atoms with E-state index in [1.54, 1.807) is 18.2 Å². The Kier molecular flexibility index (Phi) is 6.59. The van der Waals surface area contributed by atoms with Gasteiger partial charge in [0.1, 0.15) is 23.1 Å². The van der Waals surface area contributed by atoms with E-state index in [4.69, 9.17) is 9.47 Å². The van der Waals surface area contributed by atoms with Crippen LogP contribution in [0.25, 0.3) is 5.76 Å². The maximum absolute atomic E-state index is 13.8. The molecule has 1 aliphatic rings. The molecule has 0 N–H and O–H groups in total. The average molecular weight is 483 g/mol. The van der Waals surface area contributed by atoms with Gasteiger partial charge < -0.3 is 9.47 Å². The van der Waals surface area contributed by atoms with E-state index in [2.05, 4.69) is 0 Å². The largest absolute Gasteiger partial charge is 0.494 e. The summed E-state index contributed by atoms with van der Waals surface area (Å²) in [5.74, 6) is 1.54. The second-order valence-corrected chi connectivity index (χ2v) is 8.99. The lowest BCUT2D eigenvalue weighted by atomic mass is 9.81. The molecule has 0 aliphatic carbocycles. The number of carbonyl (C=O) groups is 1. The van der Waals surface area contributed by atoms with Crippen LogP contribution in [0.4, 0.5) is 4.39 Å². The van der Waals surface area contributed by atoms with Crippen molar-refractivity contribution in [1.82, 2.24) is 0 Å². The van der Waals surface area contributed by atoms with Crippen molar-refractivity contribution in [2.24, 2.45) is 0 Å². The Morgan fingerprint density at radius 1 is 1.00 bits per heavy atom. The molecule has 0 saturated heterocycles. The van der Waals surface area contributed by atoms with Crippen molar-refractivity contribution < 1.29 is 18.7 Å². The number of allylic oxidation sites excluding steroid dienone is 3. The quantitative estimate of drug-likeness (QED) is 0.200. The van der Waals surface area contributed by atoms with Gasteiger partial charge in [-0.05, 0) is 72.5 Å². The van der Waals surface area contributed by atoms with Crippen LogP contribution in [0.5, 0.6) is 11.5 Å². The zero-order valence-corrected chi connectivity index (χ0v) is 19.9. The second kappa shape index (κ2) is 10.1. The van der Waals surface area contributed by atoms with Gasteiger partial charge >= 0.3 is 0 Å². The molecule has 1 atom stereocenters. The predicted octanol–water partition coefficient (Wildman–Crippen LogP) is 7.66. The number of hydrogen-bond donors (Lipinski definition) is 0. The van der Waals surface area contributed by atoms with Gasteiger partial charge in [0.15, 0.2) is 5.78 Å². The highest BCUT2D eigenvalue weighted by Crippen LogP contribution is 2.46. The molecular weight excluding hydrogens is 459 g/mol. The Bertz CT molecular complexity index is 1380. The van der Waals surface area contributed by atoms with Crippen LogP contribution in [0.1, 0.15) is 39.2 Å². The molecule has 4 aromatic rings. The molecule has 3 aromatic carbocycles. The first kappa shape index (κ1) is 22.8. The SMILES string of the molecule is CCOc1ccc(C2=C(/C=C/C(=O)c3cccs3)C(c3ccc(F)cc3)c3ccccc3O2)cc1. The molecule has 5 heteroatoms. The Morgan fingerprint density at radius 3 is 2.49 bits per heavy atom. The maximum Gasteiger partial charge on any atom is 0.195 e. The van der Waals surface area contributed by atoms with E-state index in [0.717, 1.165) is 33.8 Å². The van der Waals surface area contributed by atoms with Crippen molar-refractivity contribution in [2.45, 2.75) is 12.8 Å². The molecule has 0 bridgehead atoms. The molecule has 1 unspecified atom stereocenters. The van der Waals surface area contributed by atoms with E-state index >= 15 is 0 Å². The second-order valence-electron chi connectivity index (χ2n) is 8.04. The first-order valence-electron chi connectivity index (χ1n) is 11.4. The number of ether oxygens (including phenoxy) is 2. The van der Waals surface area contributed by atoms with E-state index in [0.29, 0.717) is 17.2 Å². The number of carbonyl (C=O) groups excluding carboxylic acids is 1. The standard InChI is InChI=1S/C30H23FO3S/c1-2-33-23-15-11-21(12-16-23)30-25(17-18-26(32)28-8-5-19-35-28)29(20-9-13-22(31)14-10-20)24-6-3-4-7-27(24)34-30/h3-19,29H,2H2,1H3/b18-17+. The van der Waals surface area contributed by atoms with E-state index in [1.807, 2.05) is 79.0 Å². The van der Waals surface area contributed by atoms with E-state index < -0.39 is 0 Å². The van der Waals surface area contributed by atoms with Gasteiger partial charge in [-0.15, -0.1) is 11.3 Å². The monoisotopic (exact) mass is 482 g/mol. The van der Waals surface area contributed by atoms with Crippen LogP contribution in [0.3, 0.4) is 0 Å². The summed E-state index contributed by atoms with van der Waals surface area (Å²) < 4.78 is 25.8. The van der Waals surface area contributed by atoms with Gasteiger partial charge in [0, 0.05) is 22.6 Å². The highest BCUT2D eigenvalue weighted by atomic mass is 32.1. The number of benzene rings is 3. The fourth-order valence-corrected chi connectivity index (χ4v) is 4.87. The van der Waals surface area contributed by atoms with Crippen LogP contribution < -0.4 is 9.47 Å². The average Bonchev–Trinajstić information content (AvgIpc) is 3.43. The first-order valence-corrected chi connectivity index (χ1v) is 12.3. The molecule has 3 nitrogen and oxygen atoms in total. The topological polar surface area (TPSA) is 35.5 Å². The fourth-order valence-electron chi connectivity index (χ4n) is 4.23. The smallest absolute Gasteiger partial charge is 0.195 e. The molecule has 0 spiro atoms. The van der Waals surface area contributed by atoms with Crippen molar-refractivity contribution >= 4 is 22.9 Å². The summed E-state index contributed by atoms with van der Waals surface area (Å²) in [7, 11) is 0. The summed E-state index contributed by atoms with van der Waals surface area (Å²) in [6, 6.07) is 25.7. The zero-order chi connectivity index (χ0) is 24.2. The number of thiophene rings is 1. The lowest BCUT2D eigenvalue weighted by molar-refractivity contribution is 0.105. The van der Waals surface area contributed by atoms with Gasteiger partial charge in [0.25, 0.3) is 0 Å². The third-order valence-electron chi connectivity index (χ3n) is 5.82. The third-order valence-corrected chi connectivity index (χ3v) is 6.71. The third kappa shape index (κ3) is 4.81. The number of para-hydroxylation sites is 1. The number of ketones is 1. The zero-order valence-electron chi connectivity index (χ0n) is 19.1. The van der Waals surface area contributed by atoms with E-state index in [9.17, 15) is 9.18 Å². The molecule has 2 heterocycles. The lowest BCUT2D eigenvalue weighted by Gasteiger charge is -2.30. The van der Waals surface area contributed by atoms with Gasteiger partial charge in [-0.2, -0.15) is 0 Å². The van der Waals surface area contributed by atoms with Gasteiger partial charge in [0.2, 0.25) is 0 Å². The Labute approximate surface area is 207 Å². The number of fused-ring (bicyclic) bond motifs is 1. The highest BCUT2D eigenvalue weighted by molar-refractivity contribution is 7.12. The van der Waals surface area contributed by atoms with Crippen LogP contribution >= 0.6 is 11.3 Å². The summed E-state index contributed by atoms with van der Waals surface area (Å²) in [6.45, 7) is 2.52. The van der Waals surface area contributed by atoms with Crippen LogP contribution in [0, 0.1) is 5.82 Å². The normalized spacial score (nSPS) is 15.1. The molecule has 35 heavy (non-hydrogen) atoms. The molecule has 1 aliphatic heterocycles. The number of hydrogen-bond acceptors (Lipinski definition) is 4. The van der Waals surface area contributed by atoms with Crippen molar-refractivity contribution in [1.29, 1.82) is 0 Å². The van der Waals surface area contributed by atoms with Crippen LogP contribution in [0.15, 0.2) is 108 Å². The molecular formula is C30H23FO3S. The van der Waals surface area contributed by atoms with Gasteiger partial charge in [0.05, 0.1) is 11.5 Å². The molecule has 0 radical (unpaired) electrons. The maximum atomic E-state index is 13.8. The van der Waals surface area contributed by atoms with Gasteiger partial charge in [-0.25, -0.2) is 4.39 Å². The Hall–Kier alpha value is -3.96. The molecule has 0 saturated carbocycles. The van der Waals surface area contributed by atoms with E-state index in [-0.39, 0.29) is 17.5 Å². The number of rotatable bonds is 7. The summed E-state index contributed by atoms with van der Waals surface area (Å²) >= 11 is 1.40. The first-order chi connectivity index (χ1) is 17.1. The summed E-state index contributed by atoms with van der Waals surface area (Å²) in [4.78, 5) is 13.5. The minimum atomic E-state index is -0.297. The highest BCUT2D eigenvalue weighted by Gasteiger charge is 2.30. The fraction of sp³-hybridized carbons (Fsp3) is 0.100. The Balaban J connectivity index is 1.68. The molecule has 0 amide bonds. The predicted molar refractivity (Wildman–Crippen MR) is 138 cm³/mol. The van der Waals surface area contributed by atoms with Crippen LogP contribution in [-0.4, -0.2) is 12.4 Å². The van der Waals surface area contributed by atoms with Crippen LogP contribution in [0.2, 0.25) is 0 Å². The molecule has 174 valence electrons. The Morgan fingerprint density at radius 2 is 1.77 bits per heavy atom. The molecule has 5 rings (SSSR count).